The standard InChI is InChI=1S/C13H16ClFN2O/c14-12-7-11(15)4-3-10(12)8-16-5-6-17-13(18)9-1-2-9/h3-4,7,9,16H,1-2,5-6,8H2,(H,17,18). The molecule has 1 aliphatic carbocycles. The molecule has 1 aliphatic rings. The number of hydrogen-bond acceptors (Lipinski definition) is 2. The van der Waals surface area contributed by atoms with E-state index in [-0.39, 0.29) is 17.6 Å². The van der Waals surface area contributed by atoms with E-state index in [2.05, 4.69) is 10.6 Å². The fraction of sp³-hybridized carbons (Fsp3) is 0.462. The van der Waals surface area contributed by atoms with E-state index < -0.39 is 0 Å². The SMILES string of the molecule is O=C(NCCNCc1ccc(F)cc1Cl)C1CC1. The Morgan fingerprint density at radius 3 is 2.83 bits per heavy atom. The van der Waals surface area contributed by atoms with E-state index in [9.17, 15) is 9.18 Å². The van der Waals surface area contributed by atoms with E-state index in [1.165, 1.54) is 12.1 Å². The minimum absolute atomic E-state index is 0.150. The normalized spacial score (nSPS) is 14.6. The van der Waals surface area contributed by atoms with Crippen LogP contribution in [0.1, 0.15) is 18.4 Å². The zero-order valence-electron chi connectivity index (χ0n) is 10.0. The molecule has 0 aromatic heterocycles. The highest BCUT2D eigenvalue weighted by atomic mass is 35.5. The van der Waals surface area contributed by atoms with Gasteiger partial charge >= 0.3 is 0 Å². The van der Waals surface area contributed by atoms with E-state index in [1.807, 2.05) is 0 Å². The predicted molar refractivity (Wildman–Crippen MR) is 68.9 cm³/mol. The fourth-order valence-corrected chi connectivity index (χ4v) is 1.89. The Labute approximate surface area is 111 Å². The first-order valence-corrected chi connectivity index (χ1v) is 6.47. The predicted octanol–water partition coefficient (Wildman–Crippen LogP) is 2.09. The Bertz CT molecular complexity index is 435. The quantitative estimate of drug-likeness (QED) is 0.778. The van der Waals surface area contributed by atoms with Crippen LogP contribution in [0.3, 0.4) is 0 Å². The summed E-state index contributed by atoms with van der Waals surface area (Å²) >= 11 is 5.89. The van der Waals surface area contributed by atoms with Crippen LogP contribution in [0, 0.1) is 11.7 Å². The number of carbonyl (C=O) groups excluding carboxylic acids is 1. The first-order chi connectivity index (χ1) is 8.66. The monoisotopic (exact) mass is 270 g/mol. The van der Waals surface area contributed by atoms with Crippen LogP contribution in [0.25, 0.3) is 0 Å². The van der Waals surface area contributed by atoms with Gasteiger partial charge in [0.2, 0.25) is 5.91 Å². The van der Waals surface area contributed by atoms with Crippen molar-refractivity contribution in [2.75, 3.05) is 13.1 Å². The summed E-state index contributed by atoms with van der Waals surface area (Å²) in [5, 5.41) is 6.44. The van der Waals surface area contributed by atoms with Gasteiger partial charge in [-0.2, -0.15) is 0 Å². The molecule has 1 aromatic rings. The Balaban J connectivity index is 1.63. The first kappa shape index (κ1) is 13.3. The van der Waals surface area contributed by atoms with Crippen LogP contribution in [-0.2, 0) is 11.3 Å². The third-order valence-corrected chi connectivity index (χ3v) is 3.23. The van der Waals surface area contributed by atoms with Crippen molar-refractivity contribution in [3.8, 4) is 0 Å². The summed E-state index contributed by atoms with van der Waals surface area (Å²) in [7, 11) is 0. The molecule has 1 aromatic carbocycles. The molecule has 2 N–H and O–H groups in total. The molecule has 98 valence electrons. The maximum absolute atomic E-state index is 12.8. The highest BCUT2D eigenvalue weighted by molar-refractivity contribution is 6.31. The van der Waals surface area contributed by atoms with E-state index in [1.54, 1.807) is 6.07 Å². The summed E-state index contributed by atoms with van der Waals surface area (Å²) in [6.45, 7) is 1.85. The number of halogens is 2. The van der Waals surface area contributed by atoms with Gasteiger partial charge in [-0.25, -0.2) is 4.39 Å². The first-order valence-electron chi connectivity index (χ1n) is 6.09. The fourth-order valence-electron chi connectivity index (χ4n) is 1.65. The van der Waals surface area contributed by atoms with Crippen molar-refractivity contribution in [2.24, 2.45) is 5.92 Å². The van der Waals surface area contributed by atoms with Crippen molar-refractivity contribution in [2.45, 2.75) is 19.4 Å². The molecule has 18 heavy (non-hydrogen) atoms. The smallest absolute Gasteiger partial charge is 0.223 e. The van der Waals surface area contributed by atoms with Crippen molar-refractivity contribution < 1.29 is 9.18 Å². The van der Waals surface area contributed by atoms with Gasteiger partial charge in [0.15, 0.2) is 0 Å². The zero-order chi connectivity index (χ0) is 13.0. The topological polar surface area (TPSA) is 41.1 Å². The van der Waals surface area contributed by atoms with E-state index in [0.717, 1.165) is 18.4 Å². The van der Waals surface area contributed by atoms with Crippen molar-refractivity contribution in [3.63, 3.8) is 0 Å². The second kappa shape index (κ2) is 6.16. The number of carbonyl (C=O) groups is 1. The lowest BCUT2D eigenvalue weighted by atomic mass is 10.2. The number of hydrogen-bond donors (Lipinski definition) is 2. The van der Waals surface area contributed by atoms with Crippen LogP contribution in [0.4, 0.5) is 4.39 Å². The van der Waals surface area contributed by atoms with Crippen molar-refractivity contribution in [3.05, 3.63) is 34.6 Å². The molecule has 0 bridgehead atoms. The average molecular weight is 271 g/mol. The van der Waals surface area contributed by atoms with Gasteiger partial charge in [-0.05, 0) is 30.5 Å². The molecular weight excluding hydrogens is 255 g/mol. The van der Waals surface area contributed by atoms with Crippen molar-refractivity contribution >= 4 is 17.5 Å². The van der Waals surface area contributed by atoms with Crippen LogP contribution in [0.5, 0.6) is 0 Å². The largest absolute Gasteiger partial charge is 0.355 e. The molecule has 0 aliphatic heterocycles. The minimum atomic E-state index is -0.333. The van der Waals surface area contributed by atoms with Gasteiger partial charge in [-0.15, -0.1) is 0 Å². The maximum atomic E-state index is 12.8. The highest BCUT2D eigenvalue weighted by Crippen LogP contribution is 2.28. The Morgan fingerprint density at radius 1 is 1.39 bits per heavy atom. The van der Waals surface area contributed by atoms with E-state index >= 15 is 0 Å². The molecule has 3 nitrogen and oxygen atoms in total. The lowest BCUT2D eigenvalue weighted by Gasteiger charge is -2.08. The lowest BCUT2D eigenvalue weighted by Crippen LogP contribution is -2.32. The Hall–Kier alpha value is -1.13. The number of benzene rings is 1. The summed E-state index contributed by atoms with van der Waals surface area (Å²) < 4.78 is 12.8. The van der Waals surface area contributed by atoms with Gasteiger partial charge in [0.25, 0.3) is 0 Å². The molecule has 0 unspecified atom stereocenters. The molecule has 0 saturated heterocycles. The van der Waals surface area contributed by atoms with Gasteiger partial charge < -0.3 is 10.6 Å². The van der Waals surface area contributed by atoms with Crippen LogP contribution < -0.4 is 10.6 Å². The van der Waals surface area contributed by atoms with E-state index in [4.69, 9.17) is 11.6 Å². The molecule has 0 heterocycles. The molecule has 2 rings (SSSR count). The number of rotatable bonds is 6. The van der Waals surface area contributed by atoms with Crippen molar-refractivity contribution in [1.82, 2.24) is 10.6 Å². The Morgan fingerprint density at radius 2 is 2.17 bits per heavy atom. The third-order valence-electron chi connectivity index (χ3n) is 2.88. The summed E-state index contributed by atoms with van der Waals surface area (Å²) in [6, 6.07) is 4.35. The van der Waals surface area contributed by atoms with Gasteiger partial charge in [-0.1, -0.05) is 17.7 Å². The average Bonchev–Trinajstić information content (AvgIpc) is 3.15. The summed E-state index contributed by atoms with van der Waals surface area (Å²) in [4.78, 5) is 11.3. The summed E-state index contributed by atoms with van der Waals surface area (Å²) in [6.07, 6.45) is 2.04. The molecule has 1 fully saturated rings. The summed E-state index contributed by atoms with van der Waals surface area (Å²) in [5.41, 5.74) is 0.853. The highest BCUT2D eigenvalue weighted by Gasteiger charge is 2.28. The van der Waals surface area contributed by atoms with Gasteiger partial charge in [0.1, 0.15) is 5.82 Å². The van der Waals surface area contributed by atoms with Crippen LogP contribution in [-0.4, -0.2) is 19.0 Å². The van der Waals surface area contributed by atoms with Crippen molar-refractivity contribution in [1.29, 1.82) is 0 Å². The zero-order valence-corrected chi connectivity index (χ0v) is 10.8. The van der Waals surface area contributed by atoms with Crippen LogP contribution >= 0.6 is 11.6 Å². The molecule has 1 saturated carbocycles. The van der Waals surface area contributed by atoms with Crippen LogP contribution in [0.15, 0.2) is 18.2 Å². The minimum Gasteiger partial charge on any atom is -0.355 e. The molecular formula is C13H16ClFN2O. The third kappa shape index (κ3) is 3.96. The van der Waals surface area contributed by atoms with Gasteiger partial charge in [0.05, 0.1) is 0 Å². The molecule has 0 spiro atoms. The van der Waals surface area contributed by atoms with E-state index in [0.29, 0.717) is 24.7 Å². The lowest BCUT2D eigenvalue weighted by molar-refractivity contribution is -0.122. The second-order valence-corrected chi connectivity index (χ2v) is 4.89. The van der Waals surface area contributed by atoms with Gasteiger partial charge in [-0.3, -0.25) is 4.79 Å². The molecule has 1 amide bonds. The molecule has 5 heteroatoms. The summed E-state index contributed by atoms with van der Waals surface area (Å²) in [5.74, 6) is 0.0635. The second-order valence-electron chi connectivity index (χ2n) is 4.48. The van der Waals surface area contributed by atoms with Crippen LogP contribution in [0.2, 0.25) is 5.02 Å². The number of amides is 1. The van der Waals surface area contributed by atoms with Gasteiger partial charge in [0, 0.05) is 30.6 Å². The Kier molecular flexibility index (Phi) is 4.55. The molecule has 0 atom stereocenters. The molecule has 0 radical (unpaired) electrons. The maximum Gasteiger partial charge on any atom is 0.223 e. The number of nitrogens with one attached hydrogen (secondary N) is 2.